The first-order valence-corrected chi connectivity index (χ1v) is 10.1. The third-order valence-electron chi connectivity index (χ3n) is 4.06. The quantitative estimate of drug-likeness (QED) is 0.876. The monoisotopic (exact) mass is 340 g/mol. The molecule has 2 aliphatic rings. The zero-order valence-corrected chi connectivity index (χ0v) is 14.0. The highest BCUT2D eigenvalue weighted by Gasteiger charge is 2.29. The van der Waals surface area contributed by atoms with Gasteiger partial charge in [0.25, 0.3) is 0 Å². The number of nitrogens with zero attached hydrogens (tertiary/aromatic N) is 1. The van der Waals surface area contributed by atoms with E-state index < -0.39 is 10.0 Å². The molecule has 1 aromatic carbocycles. The minimum atomic E-state index is -3.22. The Morgan fingerprint density at radius 3 is 2.73 bits per heavy atom. The van der Waals surface area contributed by atoms with Crippen LogP contribution < -0.4 is 5.32 Å². The van der Waals surface area contributed by atoms with Gasteiger partial charge in [-0.25, -0.2) is 12.7 Å². The lowest BCUT2D eigenvalue weighted by molar-refractivity contribution is -0.120. The molecule has 1 aromatic rings. The van der Waals surface area contributed by atoms with Crippen LogP contribution in [-0.4, -0.2) is 49.3 Å². The molecule has 7 heteroatoms. The van der Waals surface area contributed by atoms with Crippen molar-refractivity contribution in [3.8, 4) is 0 Å². The summed E-state index contributed by atoms with van der Waals surface area (Å²) in [5.41, 5.74) is 1.19. The van der Waals surface area contributed by atoms with E-state index in [4.69, 9.17) is 0 Å². The summed E-state index contributed by atoms with van der Waals surface area (Å²) in [5, 5.41) is 2.63. The molecule has 0 radical (unpaired) electrons. The first-order valence-electron chi connectivity index (χ1n) is 7.56. The summed E-state index contributed by atoms with van der Waals surface area (Å²) < 4.78 is 25.7. The van der Waals surface area contributed by atoms with Crippen molar-refractivity contribution < 1.29 is 13.2 Å². The predicted molar refractivity (Wildman–Crippen MR) is 87.4 cm³/mol. The molecule has 2 aliphatic heterocycles. The zero-order chi connectivity index (χ0) is 15.6. The van der Waals surface area contributed by atoms with Gasteiger partial charge in [-0.05, 0) is 30.9 Å². The van der Waals surface area contributed by atoms with Crippen LogP contribution in [0.25, 0.3) is 0 Å². The van der Waals surface area contributed by atoms with E-state index in [0.717, 1.165) is 17.7 Å². The fourth-order valence-electron chi connectivity index (χ4n) is 2.84. The highest BCUT2D eigenvalue weighted by Crippen LogP contribution is 2.36. The van der Waals surface area contributed by atoms with Gasteiger partial charge >= 0.3 is 0 Å². The van der Waals surface area contributed by atoms with Crippen LogP contribution in [0.3, 0.4) is 0 Å². The SMILES string of the molecule is O=C(NCCS(=O)(=O)N1CCCC1)[C@@H]1Cc2ccccc2S1. The largest absolute Gasteiger partial charge is 0.354 e. The summed E-state index contributed by atoms with van der Waals surface area (Å²) >= 11 is 1.56. The average molecular weight is 340 g/mol. The van der Waals surface area contributed by atoms with E-state index in [1.807, 2.05) is 24.3 Å². The lowest BCUT2D eigenvalue weighted by Gasteiger charge is -2.16. The van der Waals surface area contributed by atoms with Crippen LogP contribution in [-0.2, 0) is 21.2 Å². The second-order valence-electron chi connectivity index (χ2n) is 5.63. The molecule has 22 heavy (non-hydrogen) atoms. The maximum atomic E-state index is 12.2. The van der Waals surface area contributed by atoms with Gasteiger partial charge in [-0.1, -0.05) is 18.2 Å². The molecule has 5 nitrogen and oxygen atoms in total. The van der Waals surface area contributed by atoms with Gasteiger partial charge in [0.05, 0.1) is 11.0 Å². The van der Waals surface area contributed by atoms with Crippen molar-refractivity contribution in [1.29, 1.82) is 0 Å². The van der Waals surface area contributed by atoms with Crippen LogP contribution in [0.4, 0.5) is 0 Å². The zero-order valence-electron chi connectivity index (χ0n) is 12.3. The normalized spacial score (nSPS) is 21.7. The highest BCUT2D eigenvalue weighted by atomic mass is 32.2. The Labute approximate surface area is 135 Å². The molecule has 120 valence electrons. The van der Waals surface area contributed by atoms with E-state index in [0.29, 0.717) is 19.5 Å². The summed E-state index contributed by atoms with van der Waals surface area (Å²) in [6.07, 6.45) is 2.58. The molecular weight excluding hydrogens is 320 g/mol. The van der Waals surface area contributed by atoms with E-state index >= 15 is 0 Å². The molecule has 2 heterocycles. The van der Waals surface area contributed by atoms with Gasteiger partial charge in [-0.15, -0.1) is 11.8 Å². The molecule has 1 atom stereocenters. The van der Waals surface area contributed by atoms with Crippen molar-refractivity contribution in [2.24, 2.45) is 0 Å². The minimum Gasteiger partial charge on any atom is -0.354 e. The third kappa shape index (κ3) is 3.47. The number of sulfonamides is 1. The van der Waals surface area contributed by atoms with Crippen molar-refractivity contribution in [3.05, 3.63) is 29.8 Å². The lowest BCUT2D eigenvalue weighted by atomic mass is 10.1. The summed E-state index contributed by atoms with van der Waals surface area (Å²) in [6, 6.07) is 8.00. The average Bonchev–Trinajstić information content (AvgIpc) is 3.16. The van der Waals surface area contributed by atoms with E-state index in [1.165, 1.54) is 9.87 Å². The number of hydrogen-bond acceptors (Lipinski definition) is 4. The Morgan fingerprint density at radius 2 is 2.00 bits per heavy atom. The van der Waals surface area contributed by atoms with Crippen molar-refractivity contribution in [2.45, 2.75) is 29.4 Å². The number of thioether (sulfide) groups is 1. The third-order valence-corrected chi connectivity index (χ3v) is 7.25. The van der Waals surface area contributed by atoms with E-state index in [9.17, 15) is 13.2 Å². The molecule has 1 N–H and O–H groups in total. The maximum absolute atomic E-state index is 12.2. The molecule has 0 aliphatic carbocycles. The van der Waals surface area contributed by atoms with Gasteiger partial charge in [0, 0.05) is 24.5 Å². The fraction of sp³-hybridized carbons (Fsp3) is 0.533. The smallest absolute Gasteiger partial charge is 0.233 e. The Hall–Kier alpha value is -1.05. The first kappa shape index (κ1) is 15.8. The van der Waals surface area contributed by atoms with Gasteiger partial charge in [-0.2, -0.15) is 0 Å². The Morgan fingerprint density at radius 1 is 1.27 bits per heavy atom. The maximum Gasteiger partial charge on any atom is 0.233 e. The topological polar surface area (TPSA) is 66.5 Å². The van der Waals surface area contributed by atoms with Crippen LogP contribution in [0.5, 0.6) is 0 Å². The molecule has 1 fully saturated rings. The molecule has 0 unspecified atom stereocenters. The minimum absolute atomic E-state index is 0.0108. The van der Waals surface area contributed by atoms with Gasteiger partial charge in [0.1, 0.15) is 0 Å². The van der Waals surface area contributed by atoms with Crippen molar-refractivity contribution in [3.63, 3.8) is 0 Å². The second kappa shape index (κ2) is 6.60. The van der Waals surface area contributed by atoms with Crippen molar-refractivity contribution in [2.75, 3.05) is 25.4 Å². The lowest BCUT2D eigenvalue weighted by Crippen LogP contribution is -2.39. The number of fused-ring (bicyclic) bond motifs is 1. The number of carbonyl (C=O) groups excluding carboxylic acids is 1. The molecule has 1 amide bonds. The second-order valence-corrected chi connectivity index (χ2v) is 8.96. The van der Waals surface area contributed by atoms with Crippen molar-refractivity contribution >= 4 is 27.7 Å². The van der Waals surface area contributed by atoms with Gasteiger partial charge < -0.3 is 5.32 Å². The first-order chi connectivity index (χ1) is 10.6. The molecule has 3 rings (SSSR count). The van der Waals surface area contributed by atoms with Crippen molar-refractivity contribution in [1.82, 2.24) is 9.62 Å². The van der Waals surface area contributed by atoms with Gasteiger partial charge in [-0.3, -0.25) is 4.79 Å². The van der Waals surface area contributed by atoms with Crippen LogP contribution in [0.15, 0.2) is 29.2 Å². The number of nitrogens with one attached hydrogen (secondary N) is 1. The molecule has 0 saturated carbocycles. The Kier molecular flexibility index (Phi) is 4.75. The highest BCUT2D eigenvalue weighted by molar-refractivity contribution is 8.01. The van der Waals surface area contributed by atoms with E-state index in [-0.39, 0.29) is 23.5 Å². The summed E-state index contributed by atoms with van der Waals surface area (Å²) in [6.45, 7) is 1.42. The van der Waals surface area contributed by atoms with E-state index in [2.05, 4.69) is 5.32 Å². The number of carbonyl (C=O) groups is 1. The number of benzene rings is 1. The molecular formula is C15H20N2O3S2. The Bertz CT molecular complexity index is 630. The summed E-state index contributed by atoms with van der Waals surface area (Å²) in [7, 11) is -3.22. The number of rotatable bonds is 5. The number of hydrogen-bond donors (Lipinski definition) is 1. The molecule has 0 spiro atoms. The standard InChI is InChI=1S/C15H20N2O3S2/c18-15(14-11-12-5-1-2-6-13(12)21-14)16-7-10-22(19,20)17-8-3-4-9-17/h1-2,5-6,14H,3-4,7-11H2,(H,16,18)/t14-/m0/s1. The van der Waals surface area contributed by atoms with E-state index in [1.54, 1.807) is 11.8 Å². The fourth-order valence-corrected chi connectivity index (χ4v) is 5.49. The summed E-state index contributed by atoms with van der Waals surface area (Å²) in [5.74, 6) is -0.0823. The Balaban J connectivity index is 1.47. The molecule has 1 saturated heterocycles. The summed E-state index contributed by atoms with van der Waals surface area (Å²) in [4.78, 5) is 13.3. The molecule has 0 bridgehead atoms. The van der Waals surface area contributed by atoms with Crippen LogP contribution in [0, 0.1) is 0 Å². The van der Waals surface area contributed by atoms with Gasteiger partial charge in [0.15, 0.2) is 0 Å². The van der Waals surface area contributed by atoms with Crippen LogP contribution in [0.2, 0.25) is 0 Å². The predicted octanol–water partition coefficient (Wildman–Crippen LogP) is 1.25. The molecule has 0 aromatic heterocycles. The van der Waals surface area contributed by atoms with Crippen LogP contribution in [0.1, 0.15) is 18.4 Å². The van der Waals surface area contributed by atoms with Gasteiger partial charge in [0.2, 0.25) is 15.9 Å². The van der Waals surface area contributed by atoms with Crippen LogP contribution >= 0.6 is 11.8 Å². The number of amides is 1.